The van der Waals surface area contributed by atoms with Crippen molar-refractivity contribution in [3.05, 3.63) is 23.0 Å². The summed E-state index contributed by atoms with van der Waals surface area (Å²) in [7, 11) is -2.86. The second kappa shape index (κ2) is 5.69. The Morgan fingerprint density at radius 1 is 1.35 bits per heavy atom. The highest BCUT2D eigenvalue weighted by molar-refractivity contribution is 7.90. The fourth-order valence-corrected chi connectivity index (χ4v) is 2.53. The zero-order valence-corrected chi connectivity index (χ0v) is 11.9. The Morgan fingerprint density at radius 2 is 2.00 bits per heavy atom. The van der Waals surface area contributed by atoms with E-state index in [4.69, 9.17) is 0 Å². The van der Waals surface area contributed by atoms with Crippen molar-refractivity contribution in [3.63, 3.8) is 0 Å². The molecule has 0 amide bonds. The van der Waals surface area contributed by atoms with E-state index in [0.29, 0.717) is 6.54 Å². The molecule has 0 radical (unpaired) electrons. The Kier molecular flexibility index (Phi) is 4.77. The van der Waals surface area contributed by atoms with Gasteiger partial charge < -0.3 is 9.88 Å². The molecule has 0 aliphatic carbocycles. The molecule has 1 aromatic rings. The van der Waals surface area contributed by atoms with Gasteiger partial charge in [-0.15, -0.1) is 0 Å². The van der Waals surface area contributed by atoms with E-state index in [1.807, 2.05) is 0 Å². The fraction of sp³-hybridized carbons (Fsp3) is 0.667. The molecule has 17 heavy (non-hydrogen) atoms. The summed E-state index contributed by atoms with van der Waals surface area (Å²) < 4.78 is 24.2. The van der Waals surface area contributed by atoms with Crippen LogP contribution in [0.2, 0.25) is 0 Å². The van der Waals surface area contributed by atoms with Crippen LogP contribution in [0.4, 0.5) is 0 Å². The zero-order valence-electron chi connectivity index (χ0n) is 11.1. The largest absolute Gasteiger partial charge is 0.349 e. The number of hydrogen-bond donors (Lipinski definition) is 1. The van der Waals surface area contributed by atoms with Crippen LogP contribution in [0, 0.1) is 13.8 Å². The van der Waals surface area contributed by atoms with Crippen LogP contribution < -0.4 is 5.32 Å². The minimum absolute atomic E-state index is 0.194. The molecule has 1 aromatic heterocycles. The van der Waals surface area contributed by atoms with Crippen molar-refractivity contribution in [1.82, 2.24) is 9.88 Å². The highest BCUT2D eigenvalue weighted by Crippen LogP contribution is 2.14. The van der Waals surface area contributed by atoms with Crippen molar-refractivity contribution in [2.75, 3.05) is 18.6 Å². The third-order valence-electron chi connectivity index (χ3n) is 2.96. The molecule has 0 bridgehead atoms. The molecule has 0 fully saturated rings. The lowest BCUT2D eigenvalue weighted by Gasteiger charge is -2.07. The molecule has 0 unspecified atom stereocenters. The Hall–Kier alpha value is -0.810. The van der Waals surface area contributed by atoms with Crippen LogP contribution in [0.15, 0.2) is 6.07 Å². The summed E-state index contributed by atoms with van der Waals surface area (Å²) in [5.41, 5.74) is 3.76. The highest BCUT2D eigenvalue weighted by atomic mass is 32.2. The van der Waals surface area contributed by atoms with Gasteiger partial charge in [0, 0.05) is 37.3 Å². The van der Waals surface area contributed by atoms with Crippen LogP contribution in [-0.2, 0) is 22.9 Å². The lowest BCUT2D eigenvalue weighted by Crippen LogP contribution is -2.22. The molecule has 0 aliphatic rings. The lowest BCUT2D eigenvalue weighted by molar-refractivity contribution is 0.596. The molecule has 1 heterocycles. The quantitative estimate of drug-likeness (QED) is 0.782. The smallest absolute Gasteiger partial charge is 0.148 e. The third kappa shape index (κ3) is 4.16. The molecular formula is C12H22N2O2S. The highest BCUT2D eigenvalue weighted by Gasteiger charge is 2.07. The second-order valence-electron chi connectivity index (χ2n) is 4.45. The van der Waals surface area contributed by atoms with Crippen LogP contribution in [0.1, 0.15) is 23.9 Å². The van der Waals surface area contributed by atoms with Crippen LogP contribution in [0.3, 0.4) is 0 Å². The van der Waals surface area contributed by atoms with E-state index in [2.05, 4.69) is 36.7 Å². The normalized spacial score (nSPS) is 12.0. The predicted octanol–water partition coefficient (Wildman–Crippen LogP) is 1.26. The van der Waals surface area contributed by atoms with Gasteiger partial charge in [-0.1, -0.05) is 0 Å². The van der Waals surface area contributed by atoms with Crippen molar-refractivity contribution in [2.24, 2.45) is 0 Å². The first-order valence-electron chi connectivity index (χ1n) is 5.89. The summed E-state index contributed by atoms with van der Waals surface area (Å²) in [4.78, 5) is 0. The lowest BCUT2D eigenvalue weighted by atomic mass is 10.2. The minimum Gasteiger partial charge on any atom is -0.349 e. The van der Waals surface area contributed by atoms with Crippen molar-refractivity contribution < 1.29 is 8.42 Å². The Labute approximate surface area is 104 Å². The van der Waals surface area contributed by atoms with Gasteiger partial charge in [0.1, 0.15) is 9.84 Å². The predicted molar refractivity (Wildman–Crippen MR) is 71.0 cm³/mol. The van der Waals surface area contributed by atoms with Crippen molar-refractivity contribution in [3.8, 4) is 0 Å². The standard InChI is InChI=1S/C12H22N2O2S/c1-5-14-10(2)8-12(11(14)3)9-13-6-7-17(4,15)16/h8,13H,5-7,9H2,1-4H3. The molecule has 0 saturated heterocycles. The molecule has 0 aromatic carbocycles. The monoisotopic (exact) mass is 258 g/mol. The SMILES string of the molecule is CCn1c(C)cc(CNCCS(C)(=O)=O)c1C. The maximum Gasteiger partial charge on any atom is 0.148 e. The summed E-state index contributed by atoms with van der Waals surface area (Å²) >= 11 is 0. The van der Waals surface area contributed by atoms with Gasteiger partial charge in [-0.25, -0.2) is 8.42 Å². The number of rotatable bonds is 6. The minimum atomic E-state index is -2.86. The van der Waals surface area contributed by atoms with E-state index in [9.17, 15) is 8.42 Å². The number of nitrogens with one attached hydrogen (secondary N) is 1. The van der Waals surface area contributed by atoms with Crippen LogP contribution in [0.5, 0.6) is 0 Å². The molecule has 0 aliphatic heterocycles. The van der Waals surface area contributed by atoms with Gasteiger partial charge in [-0.2, -0.15) is 0 Å². The molecule has 5 heteroatoms. The van der Waals surface area contributed by atoms with E-state index in [1.165, 1.54) is 23.2 Å². The molecule has 0 saturated carbocycles. The number of hydrogen-bond acceptors (Lipinski definition) is 3. The van der Waals surface area contributed by atoms with Gasteiger partial charge in [0.15, 0.2) is 0 Å². The van der Waals surface area contributed by atoms with Gasteiger partial charge in [0.2, 0.25) is 0 Å². The van der Waals surface area contributed by atoms with E-state index in [-0.39, 0.29) is 5.75 Å². The van der Waals surface area contributed by atoms with E-state index < -0.39 is 9.84 Å². The first-order valence-corrected chi connectivity index (χ1v) is 7.95. The fourth-order valence-electron chi connectivity index (χ4n) is 2.02. The summed E-state index contributed by atoms with van der Waals surface area (Å²) in [5.74, 6) is 0.194. The van der Waals surface area contributed by atoms with Gasteiger partial charge in [-0.3, -0.25) is 0 Å². The summed E-state index contributed by atoms with van der Waals surface area (Å²) in [6, 6.07) is 2.16. The van der Waals surface area contributed by atoms with Gasteiger partial charge in [0.25, 0.3) is 0 Å². The molecule has 0 spiro atoms. The van der Waals surface area contributed by atoms with Crippen molar-refractivity contribution >= 4 is 9.84 Å². The van der Waals surface area contributed by atoms with Crippen LogP contribution in [0.25, 0.3) is 0 Å². The summed E-state index contributed by atoms with van der Waals surface area (Å²) in [5, 5.41) is 3.17. The molecule has 1 N–H and O–H groups in total. The van der Waals surface area contributed by atoms with Gasteiger partial charge in [-0.05, 0) is 32.4 Å². The number of aromatic nitrogens is 1. The Morgan fingerprint density at radius 3 is 2.47 bits per heavy atom. The van der Waals surface area contributed by atoms with Crippen molar-refractivity contribution in [1.29, 1.82) is 0 Å². The molecule has 4 nitrogen and oxygen atoms in total. The summed E-state index contributed by atoms with van der Waals surface area (Å²) in [6.45, 7) is 8.53. The maximum absolute atomic E-state index is 11.0. The number of aryl methyl sites for hydroxylation is 1. The number of sulfone groups is 1. The molecule has 1 rings (SSSR count). The topological polar surface area (TPSA) is 51.1 Å². The van der Waals surface area contributed by atoms with Gasteiger partial charge >= 0.3 is 0 Å². The molecule has 0 atom stereocenters. The Balaban J connectivity index is 2.53. The molecule has 98 valence electrons. The zero-order chi connectivity index (χ0) is 13.1. The van der Waals surface area contributed by atoms with E-state index in [1.54, 1.807) is 0 Å². The van der Waals surface area contributed by atoms with E-state index in [0.717, 1.165) is 13.1 Å². The molecular weight excluding hydrogens is 236 g/mol. The average molecular weight is 258 g/mol. The Bertz CT molecular complexity index is 475. The maximum atomic E-state index is 11.0. The van der Waals surface area contributed by atoms with E-state index >= 15 is 0 Å². The van der Waals surface area contributed by atoms with Gasteiger partial charge in [0.05, 0.1) is 5.75 Å². The van der Waals surface area contributed by atoms with Crippen molar-refractivity contribution in [2.45, 2.75) is 33.9 Å². The first kappa shape index (κ1) is 14.3. The first-order chi connectivity index (χ1) is 7.85. The third-order valence-corrected chi connectivity index (χ3v) is 3.91. The summed E-state index contributed by atoms with van der Waals surface area (Å²) in [6.07, 6.45) is 1.26. The van der Waals surface area contributed by atoms with Crippen LogP contribution in [-0.4, -0.2) is 31.5 Å². The van der Waals surface area contributed by atoms with Crippen LogP contribution >= 0.6 is 0 Å². The number of nitrogens with zero attached hydrogens (tertiary/aromatic N) is 1. The average Bonchev–Trinajstić information content (AvgIpc) is 2.47. The second-order valence-corrected chi connectivity index (χ2v) is 6.71.